The predicted octanol–water partition coefficient (Wildman–Crippen LogP) is -0.984. The van der Waals surface area contributed by atoms with Crippen LogP contribution in [0, 0.1) is 11.8 Å². The number of carbonyl (C=O) groups excluding carboxylic acids is 2. The molecule has 172 valence electrons. The van der Waals surface area contributed by atoms with E-state index in [1.807, 2.05) is 0 Å². The van der Waals surface area contributed by atoms with Crippen LogP contribution in [0.3, 0.4) is 0 Å². The Bertz CT molecular complexity index is 887. The van der Waals surface area contributed by atoms with Gasteiger partial charge in [-0.2, -0.15) is 4.98 Å². The van der Waals surface area contributed by atoms with Crippen molar-refractivity contribution in [2.24, 2.45) is 17.6 Å². The summed E-state index contributed by atoms with van der Waals surface area (Å²) < 4.78 is 5.25. The number of aromatic nitrogens is 2. The highest BCUT2D eigenvalue weighted by molar-refractivity contribution is 5.87. The third-order valence-electron chi connectivity index (χ3n) is 5.32. The van der Waals surface area contributed by atoms with Gasteiger partial charge in [-0.3, -0.25) is 24.2 Å². The van der Waals surface area contributed by atoms with E-state index in [1.165, 1.54) is 13.8 Å². The van der Waals surface area contributed by atoms with E-state index in [9.17, 15) is 24.3 Å². The number of aliphatic carboxylic acids is 1. The molecule has 0 unspecified atom stereocenters. The number of nitrogens with one attached hydrogen (secondary N) is 2. The molecule has 1 aliphatic heterocycles. The van der Waals surface area contributed by atoms with Crippen LogP contribution in [0.15, 0.2) is 4.79 Å². The number of aromatic amines is 1. The molecule has 8 N–H and O–H groups in total. The topological polar surface area (TPSA) is 211 Å². The van der Waals surface area contributed by atoms with Crippen LogP contribution in [0.5, 0.6) is 0 Å². The van der Waals surface area contributed by atoms with Crippen molar-refractivity contribution >= 4 is 29.5 Å². The summed E-state index contributed by atoms with van der Waals surface area (Å²) in [4.78, 5) is 53.3. The average molecular weight is 439 g/mol. The quantitative estimate of drug-likeness (QED) is 0.244. The Hall–Kier alpha value is -2.99. The van der Waals surface area contributed by atoms with Gasteiger partial charge in [0.25, 0.3) is 5.56 Å². The zero-order valence-corrected chi connectivity index (χ0v) is 17.5. The van der Waals surface area contributed by atoms with E-state index in [1.54, 1.807) is 0 Å². The highest BCUT2D eigenvalue weighted by atomic mass is 16.6. The third-order valence-corrected chi connectivity index (χ3v) is 5.32. The summed E-state index contributed by atoms with van der Waals surface area (Å²) in [6, 6.07) is -0.972. The van der Waals surface area contributed by atoms with E-state index in [-0.39, 0.29) is 31.6 Å². The van der Waals surface area contributed by atoms with Crippen LogP contribution in [0.2, 0.25) is 0 Å². The molecule has 0 fully saturated rings. The number of carboxylic acids is 1. The fourth-order valence-corrected chi connectivity index (χ4v) is 3.35. The second kappa shape index (κ2) is 10.4. The maximum absolute atomic E-state index is 12.1. The van der Waals surface area contributed by atoms with Crippen molar-refractivity contribution in [3.05, 3.63) is 15.9 Å². The number of anilines is 2. The van der Waals surface area contributed by atoms with E-state index in [0.29, 0.717) is 17.9 Å². The molecule has 12 heteroatoms. The number of nitrogen functional groups attached to an aromatic ring is 1. The van der Waals surface area contributed by atoms with Crippen LogP contribution in [0.25, 0.3) is 0 Å². The fourth-order valence-electron chi connectivity index (χ4n) is 3.35. The molecule has 1 aromatic heterocycles. The predicted molar refractivity (Wildman–Crippen MR) is 110 cm³/mol. The SMILES string of the molecule is C[C@H](OC(=O)CC[C@@H](N)C(=O)C[C@H](C)C(=O)O)[C@H](O)[C@H]1CNc2nc(N)[nH]c(=O)c2C1. The first kappa shape index (κ1) is 24.3. The first-order valence-corrected chi connectivity index (χ1v) is 10.0. The second-order valence-electron chi connectivity index (χ2n) is 7.86. The molecule has 2 heterocycles. The van der Waals surface area contributed by atoms with Gasteiger partial charge in [-0.05, 0) is 19.8 Å². The number of nitrogens with two attached hydrogens (primary N) is 2. The molecule has 0 bridgehead atoms. The minimum absolute atomic E-state index is 0.00759. The van der Waals surface area contributed by atoms with Gasteiger partial charge in [-0.25, -0.2) is 0 Å². The number of aliphatic hydroxyl groups excluding tert-OH is 1. The minimum atomic E-state index is -1.09. The Morgan fingerprint density at radius 1 is 1.32 bits per heavy atom. The monoisotopic (exact) mass is 439 g/mol. The summed E-state index contributed by atoms with van der Waals surface area (Å²) in [5, 5.41) is 22.4. The first-order valence-electron chi connectivity index (χ1n) is 10.0. The Morgan fingerprint density at radius 2 is 2.00 bits per heavy atom. The van der Waals surface area contributed by atoms with E-state index >= 15 is 0 Å². The summed E-state index contributed by atoms with van der Waals surface area (Å²) in [6.45, 7) is 3.25. The number of H-pyrrole nitrogens is 1. The van der Waals surface area contributed by atoms with Gasteiger partial charge >= 0.3 is 11.9 Å². The molecule has 1 aromatic rings. The minimum Gasteiger partial charge on any atom is -0.481 e. The smallest absolute Gasteiger partial charge is 0.306 e. The van der Waals surface area contributed by atoms with Crippen molar-refractivity contribution in [2.75, 3.05) is 17.6 Å². The van der Waals surface area contributed by atoms with Gasteiger partial charge in [-0.1, -0.05) is 6.92 Å². The molecule has 1 aliphatic rings. The summed E-state index contributed by atoms with van der Waals surface area (Å²) >= 11 is 0. The van der Waals surface area contributed by atoms with Crippen LogP contribution in [0.4, 0.5) is 11.8 Å². The van der Waals surface area contributed by atoms with Crippen LogP contribution < -0.4 is 22.3 Å². The Kier molecular flexibility index (Phi) is 8.11. The Morgan fingerprint density at radius 3 is 2.65 bits per heavy atom. The number of aliphatic hydroxyl groups is 1. The maximum atomic E-state index is 12.1. The van der Waals surface area contributed by atoms with E-state index in [4.69, 9.17) is 21.3 Å². The van der Waals surface area contributed by atoms with Crippen LogP contribution in [-0.2, 0) is 25.5 Å². The standard InChI is InChI=1S/C19H29N5O7/c1-8(18(29)30)5-13(25)12(20)3-4-14(26)31-9(2)15(27)10-6-11-16(22-7-10)23-19(21)24-17(11)28/h8-10,12,15,27H,3-7,20H2,1-2H3,(H,29,30)(H4,21,22,23,24,28)/t8-,9-,10+,12+,15-/m0/s1. The number of hydrogen-bond donors (Lipinski definition) is 6. The van der Waals surface area contributed by atoms with Crippen molar-refractivity contribution < 1.29 is 29.3 Å². The number of carbonyl (C=O) groups is 3. The van der Waals surface area contributed by atoms with Crippen molar-refractivity contribution in [3.8, 4) is 0 Å². The summed E-state index contributed by atoms with van der Waals surface area (Å²) in [7, 11) is 0. The molecule has 12 nitrogen and oxygen atoms in total. The van der Waals surface area contributed by atoms with Crippen molar-refractivity contribution in [3.63, 3.8) is 0 Å². The van der Waals surface area contributed by atoms with Gasteiger partial charge in [0.1, 0.15) is 17.7 Å². The lowest BCUT2D eigenvalue weighted by Crippen LogP contribution is -2.43. The lowest BCUT2D eigenvalue weighted by Gasteiger charge is -2.31. The van der Waals surface area contributed by atoms with Crippen LogP contribution in [-0.4, -0.2) is 62.7 Å². The number of fused-ring (bicyclic) bond motifs is 1. The molecule has 0 saturated carbocycles. The van der Waals surface area contributed by atoms with Gasteiger partial charge in [0.2, 0.25) is 5.95 Å². The average Bonchev–Trinajstić information content (AvgIpc) is 2.70. The molecular formula is C19H29N5O7. The highest BCUT2D eigenvalue weighted by Crippen LogP contribution is 2.24. The second-order valence-corrected chi connectivity index (χ2v) is 7.86. The molecule has 2 rings (SSSR count). The van der Waals surface area contributed by atoms with Crippen molar-refractivity contribution in [1.82, 2.24) is 9.97 Å². The number of carboxylic acid groups (broad SMARTS) is 1. The molecule has 5 atom stereocenters. The number of esters is 1. The summed E-state index contributed by atoms with van der Waals surface area (Å²) in [6.07, 6.45) is -2.03. The lowest BCUT2D eigenvalue weighted by molar-refractivity contribution is -0.155. The number of rotatable bonds is 10. The van der Waals surface area contributed by atoms with Crippen LogP contribution in [0.1, 0.15) is 38.7 Å². The van der Waals surface area contributed by atoms with Gasteiger partial charge < -0.3 is 31.7 Å². The molecule has 0 saturated heterocycles. The van der Waals surface area contributed by atoms with Gasteiger partial charge in [-0.15, -0.1) is 0 Å². The molecule has 0 spiro atoms. The summed E-state index contributed by atoms with van der Waals surface area (Å²) in [5.74, 6) is -3.07. The van der Waals surface area contributed by atoms with Gasteiger partial charge in [0, 0.05) is 25.3 Å². The van der Waals surface area contributed by atoms with Crippen molar-refractivity contribution in [2.45, 2.75) is 57.8 Å². The number of ether oxygens (including phenoxy) is 1. The van der Waals surface area contributed by atoms with E-state index < -0.39 is 53.4 Å². The third kappa shape index (κ3) is 6.49. The van der Waals surface area contributed by atoms with E-state index in [2.05, 4.69) is 15.3 Å². The normalized spacial score (nSPS) is 19.3. The number of nitrogens with zero attached hydrogens (tertiary/aromatic N) is 1. The highest BCUT2D eigenvalue weighted by Gasteiger charge is 2.32. The summed E-state index contributed by atoms with van der Waals surface area (Å²) in [5.41, 5.74) is 11.2. The zero-order valence-electron chi connectivity index (χ0n) is 17.5. The zero-order chi connectivity index (χ0) is 23.3. The lowest BCUT2D eigenvalue weighted by atomic mass is 9.89. The molecule has 0 aromatic carbocycles. The van der Waals surface area contributed by atoms with Gasteiger partial charge in [0.15, 0.2) is 0 Å². The fraction of sp³-hybridized carbons (Fsp3) is 0.632. The number of hydrogen-bond acceptors (Lipinski definition) is 10. The Labute approximate surface area is 178 Å². The maximum Gasteiger partial charge on any atom is 0.306 e. The van der Waals surface area contributed by atoms with Gasteiger partial charge in [0.05, 0.1) is 23.6 Å². The first-order chi connectivity index (χ1) is 14.5. The number of Topliss-reactive ketones (excluding diaryl/α,β-unsaturated/α-hetero) is 1. The van der Waals surface area contributed by atoms with Crippen LogP contribution >= 0.6 is 0 Å². The molecule has 0 aliphatic carbocycles. The molecule has 0 radical (unpaired) electrons. The molecular weight excluding hydrogens is 410 g/mol. The number of ketones is 1. The Balaban J connectivity index is 1.83. The van der Waals surface area contributed by atoms with E-state index in [0.717, 1.165) is 0 Å². The largest absolute Gasteiger partial charge is 0.481 e. The molecule has 0 amide bonds. The van der Waals surface area contributed by atoms with Crippen molar-refractivity contribution in [1.29, 1.82) is 0 Å². The molecule has 31 heavy (non-hydrogen) atoms.